The Morgan fingerprint density at radius 2 is 2.14 bits per heavy atom. The van der Waals surface area contributed by atoms with Gasteiger partial charge in [-0.2, -0.15) is 5.10 Å². The normalized spacial score (nSPS) is 25.5. The van der Waals surface area contributed by atoms with Gasteiger partial charge in [0, 0.05) is 12.6 Å². The summed E-state index contributed by atoms with van der Waals surface area (Å²) in [6.07, 6.45) is 4.00. The Hall–Kier alpha value is -1.07. The lowest BCUT2D eigenvalue weighted by Crippen LogP contribution is -2.31. The lowest BCUT2D eigenvalue weighted by molar-refractivity contribution is 0.367. The van der Waals surface area contributed by atoms with E-state index in [1.54, 1.807) is 6.20 Å². The molecule has 1 heterocycles. The van der Waals surface area contributed by atoms with E-state index in [0.717, 1.165) is 13.0 Å². The Bertz CT molecular complexity index is 543. The monoisotopic (exact) mass is 312 g/mol. The molecule has 3 unspecified atom stereocenters. The lowest BCUT2D eigenvalue weighted by atomic mass is 9.98. The van der Waals surface area contributed by atoms with Crippen molar-refractivity contribution in [2.75, 3.05) is 26.0 Å². The smallest absolute Gasteiger partial charge is 0.287 e. The van der Waals surface area contributed by atoms with Crippen LogP contribution in [0.25, 0.3) is 0 Å². The van der Waals surface area contributed by atoms with Gasteiger partial charge in [-0.15, -0.1) is 0 Å². The number of hydrogen-bond acceptors (Lipinski definition) is 4. The van der Waals surface area contributed by atoms with Crippen LogP contribution in [-0.2, 0) is 6.54 Å². The number of nitrogens with zero attached hydrogens (tertiary/aromatic N) is 3. The minimum Gasteiger partial charge on any atom is -0.379 e. The maximum Gasteiger partial charge on any atom is 0.287 e. The molecule has 0 aliphatic heterocycles. The second kappa shape index (κ2) is 6.79. The number of hydrogen-bond donors (Lipinski definition) is 1. The zero-order valence-corrected chi connectivity index (χ0v) is 14.0. The Labute approximate surface area is 131 Å². The number of nitrogens with one attached hydrogen (secondary N) is 1. The van der Waals surface area contributed by atoms with Crippen molar-refractivity contribution in [3.05, 3.63) is 21.6 Å². The summed E-state index contributed by atoms with van der Waals surface area (Å²) in [6.45, 7) is 5.82. The molecule has 2 rings (SSSR count). The van der Waals surface area contributed by atoms with Crippen LogP contribution in [0.15, 0.2) is 11.0 Å². The van der Waals surface area contributed by atoms with Crippen LogP contribution < -0.4 is 10.9 Å². The number of halogens is 1. The molecule has 0 radical (unpaired) electrons. The fourth-order valence-corrected chi connectivity index (χ4v) is 2.99. The van der Waals surface area contributed by atoms with Crippen molar-refractivity contribution in [3.63, 3.8) is 0 Å². The fraction of sp³-hybridized carbons (Fsp3) is 0.733. The molecule has 0 bridgehead atoms. The van der Waals surface area contributed by atoms with E-state index in [1.807, 2.05) is 19.0 Å². The van der Waals surface area contributed by atoms with Gasteiger partial charge in [0.25, 0.3) is 5.56 Å². The van der Waals surface area contributed by atoms with Crippen molar-refractivity contribution in [2.24, 2.45) is 11.8 Å². The molecule has 21 heavy (non-hydrogen) atoms. The highest BCUT2D eigenvalue weighted by Crippen LogP contribution is 2.33. The zero-order valence-electron chi connectivity index (χ0n) is 13.3. The second-order valence-corrected chi connectivity index (χ2v) is 6.75. The van der Waals surface area contributed by atoms with Gasteiger partial charge in [0.2, 0.25) is 0 Å². The molecule has 3 atom stereocenters. The summed E-state index contributed by atoms with van der Waals surface area (Å²) in [5.74, 6) is 1.28. The van der Waals surface area contributed by atoms with Gasteiger partial charge in [-0.1, -0.05) is 25.4 Å². The molecule has 5 nitrogen and oxygen atoms in total. The number of anilines is 1. The third-order valence-electron chi connectivity index (χ3n) is 4.55. The standard InChI is InChI=1S/C15H25ClN4O/c1-10-5-6-12(11(10)2)18-13-9-17-20(8-7-19(3)4)15(21)14(13)16/h9-12,18H,5-8H2,1-4H3. The molecule has 118 valence electrons. The Balaban J connectivity index is 2.12. The van der Waals surface area contributed by atoms with E-state index in [4.69, 9.17) is 11.6 Å². The van der Waals surface area contributed by atoms with Gasteiger partial charge in [-0.25, -0.2) is 4.68 Å². The zero-order chi connectivity index (χ0) is 15.6. The largest absolute Gasteiger partial charge is 0.379 e. The third-order valence-corrected chi connectivity index (χ3v) is 4.92. The van der Waals surface area contributed by atoms with E-state index in [9.17, 15) is 4.79 Å². The summed E-state index contributed by atoms with van der Waals surface area (Å²) >= 11 is 6.23. The van der Waals surface area contributed by atoms with Crippen LogP contribution in [0.1, 0.15) is 26.7 Å². The van der Waals surface area contributed by atoms with Gasteiger partial charge in [-0.3, -0.25) is 4.79 Å². The first-order valence-electron chi connectivity index (χ1n) is 7.57. The van der Waals surface area contributed by atoms with Crippen molar-refractivity contribution >= 4 is 17.3 Å². The van der Waals surface area contributed by atoms with Gasteiger partial charge in [-0.05, 0) is 38.8 Å². The average Bonchev–Trinajstić information content (AvgIpc) is 2.75. The van der Waals surface area contributed by atoms with E-state index in [-0.39, 0.29) is 10.6 Å². The third kappa shape index (κ3) is 3.77. The van der Waals surface area contributed by atoms with E-state index in [2.05, 4.69) is 24.3 Å². The molecule has 0 saturated heterocycles. The highest BCUT2D eigenvalue weighted by molar-refractivity contribution is 6.32. The predicted molar refractivity (Wildman–Crippen MR) is 87.0 cm³/mol. The van der Waals surface area contributed by atoms with Gasteiger partial charge in [0.15, 0.2) is 0 Å². The quantitative estimate of drug-likeness (QED) is 0.906. The molecule has 0 aromatic carbocycles. The summed E-state index contributed by atoms with van der Waals surface area (Å²) in [6, 6.07) is 0.372. The van der Waals surface area contributed by atoms with Crippen LogP contribution in [0.2, 0.25) is 5.02 Å². The fourth-order valence-electron chi connectivity index (χ4n) is 2.79. The highest BCUT2D eigenvalue weighted by Gasteiger charge is 2.30. The molecule has 1 aliphatic rings. The summed E-state index contributed by atoms with van der Waals surface area (Å²) in [5.41, 5.74) is 0.441. The van der Waals surface area contributed by atoms with Crippen LogP contribution in [0.3, 0.4) is 0 Å². The predicted octanol–water partition coefficient (Wildman–Crippen LogP) is 2.30. The van der Waals surface area contributed by atoms with Crippen LogP contribution in [-0.4, -0.2) is 41.4 Å². The van der Waals surface area contributed by atoms with Gasteiger partial charge in [0.05, 0.1) is 18.4 Å². The van der Waals surface area contributed by atoms with Crippen molar-refractivity contribution in [2.45, 2.75) is 39.3 Å². The first kappa shape index (κ1) is 16.3. The first-order chi connectivity index (χ1) is 9.90. The van der Waals surface area contributed by atoms with Crippen molar-refractivity contribution in [3.8, 4) is 0 Å². The van der Waals surface area contributed by atoms with Crippen LogP contribution in [0, 0.1) is 11.8 Å². The number of likely N-dealkylation sites (N-methyl/N-ethyl adjacent to an activating group) is 1. The minimum absolute atomic E-state index is 0.220. The van der Waals surface area contributed by atoms with Gasteiger partial charge >= 0.3 is 0 Å². The Morgan fingerprint density at radius 1 is 1.43 bits per heavy atom. The minimum atomic E-state index is -0.220. The van der Waals surface area contributed by atoms with Gasteiger partial charge < -0.3 is 10.2 Å². The van der Waals surface area contributed by atoms with Crippen LogP contribution in [0.4, 0.5) is 5.69 Å². The molecular formula is C15H25ClN4O. The molecule has 1 saturated carbocycles. The summed E-state index contributed by atoms with van der Waals surface area (Å²) in [7, 11) is 3.93. The van der Waals surface area contributed by atoms with Crippen LogP contribution in [0.5, 0.6) is 0 Å². The van der Waals surface area contributed by atoms with Crippen molar-refractivity contribution < 1.29 is 0 Å². The topological polar surface area (TPSA) is 50.2 Å². The second-order valence-electron chi connectivity index (χ2n) is 6.37. The first-order valence-corrected chi connectivity index (χ1v) is 7.94. The van der Waals surface area contributed by atoms with E-state index in [1.165, 1.54) is 11.1 Å². The van der Waals surface area contributed by atoms with E-state index in [0.29, 0.717) is 30.1 Å². The molecule has 0 amide bonds. The average molecular weight is 313 g/mol. The molecule has 1 fully saturated rings. The molecule has 1 aromatic rings. The molecule has 1 aromatic heterocycles. The molecular weight excluding hydrogens is 288 g/mol. The summed E-state index contributed by atoms with van der Waals surface area (Å²) in [5, 5.41) is 7.88. The molecule has 1 aliphatic carbocycles. The highest BCUT2D eigenvalue weighted by atomic mass is 35.5. The maximum atomic E-state index is 12.2. The Morgan fingerprint density at radius 3 is 2.71 bits per heavy atom. The number of rotatable bonds is 5. The molecule has 1 N–H and O–H groups in total. The van der Waals surface area contributed by atoms with Crippen LogP contribution >= 0.6 is 11.6 Å². The van der Waals surface area contributed by atoms with Gasteiger partial charge in [0.1, 0.15) is 5.02 Å². The molecule has 6 heteroatoms. The Kier molecular flexibility index (Phi) is 5.27. The number of aromatic nitrogens is 2. The lowest BCUT2D eigenvalue weighted by Gasteiger charge is -2.21. The van der Waals surface area contributed by atoms with Crippen molar-refractivity contribution in [1.82, 2.24) is 14.7 Å². The summed E-state index contributed by atoms with van der Waals surface area (Å²) < 4.78 is 1.42. The molecule has 0 spiro atoms. The van der Waals surface area contributed by atoms with E-state index < -0.39 is 0 Å². The summed E-state index contributed by atoms with van der Waals surface area (Å²) in [4.78, 5) is 14.2. The van der Waals surface area contributed by atoms with E-state index >= 15 is 0 Å². The SMILES string of the molecule is CC1CCC(Nc2cnn(CCN(C)C)c(=O)c2Cl)C1C. The van der Waals surface area contributed by atoms with Crippen molar-refractivity contribution in [1.29, 1.82) is 0 Å². The maximum absolute atomic E-state index is 12.2.